The third-order valence-electron chi connectivity index (χ3n) is 3.65. The van der Waals surface area contributed by atoms with Gasteiger partial charge in [0, 0.05) is 32.2 Å². The van der Waals surface area contributed by atoms with E-state index in [1.54, 1.807) is 7.05 Å². The molecule has 0 amide bonds. The molecule has 0 aromatic carbocycles. The van der Waals surface area contributed by atoms with E-state index in [0.29, 0.717) is 13.1 Å². The molecule has 6 heteroatoms. The molecule has 1 rings (SSSR count). The monoisotopic (exact) mass is 263 g/mol. The van der Waals surface area contributed by atoms with Crippen molar-refractivity contribution in [2.75, 3.05) is 20.1 Å². The summed E-state index contributed by atoms with van der Waals surface area (Å²) in [6.45, 7) is 4.78. The molecule has 17 heavy (non-hydrogen) atoms. The van der Waals surface area contributed by atoms with E-state index in [9.17, 15) is 8.42 Å². The summed E-state index contributed by atoms with van der Waals surface area (Å²) in [4.78, 5) is 0. The van der Waals surface area contributed by atoms with Crippen LogP contribution in [0.3, 0.4) is 0 Å². The molecule has 0 radical (unpaired) electrons. The number of hydrogen-bond acceptors (Lipinski definition) is 3. The van der Waals surface area contributed by atoms with E-state index in [2.05, 4.69) is 0 Å². The third kappa shape index (κ3) is 3.40. The van der Waals surface area contributed by atoms with Gasteiger partial charge in [0.25, 0.3) is 10.2 Å². The lowest BCUT2D eigenvalue weighted by atomic mass is 9.92. The van der Waals surface area contributed by atoms with Gasteiger partial charge in [-0.1, -0.05) is 13.8 Å². The normalized spacial score (nSPS) is 26.7. The molecule has 0 spiro atoms. The van der Waals surface area contributed by atoms with Crippen molar-refractivity contribution in [3.8, 4) is 0 Å². The Bertz CT molecular complexity index is 320. The summed E-state index contributed by atoms with van der Waals surface area (Å²) in [6, 6.07) is 0.358. The summed E-state index contributed by atoms with van der Waals surface area (Å²) in [5, 5.41) is 0. The quantitative estimate of drug-likeness (QED) is 0.797. The lowest BCUT2D eigenvalue weighted by Crippen LogP contribution is -2.48. The highest BCUT2D eigenvalue weighted by Crippen LogP contribution is 2.24. The van der Waals surface area contributed by atoms with E-state index in [4.69, 9.17) is 5.73 Å². The average molecular weight is 263 g/mol. The van der Waals surface area contributed by atoms with E-state index >= 15 is 0 Å². The van der Waals surface area contributed by atoms with Crippen molar-refractivity contribution in [3.63, 3.8) is 0 Å². The van der Waals surface area contributed by atoms with Crippen molar-refractivity contribution in [3.05, 3.63) is 0 Å². The van der Waals surface area contributed by atoms with Gasteiger partial charge in [0.2, 0.25) is 0 Å². The maximum Gasteiger partial charge on any atom is 0.281 e. The zero-order valence-corrected chi connectivity index (χ0v) is 11.9. The van der Waals surface area contributed by atoms with Crippen LogP contribution in [0.15, 0.2) is 0 Å². The van der Waals surface area contributed by atoms with Crippen LogP contribution in [-0.2, 0) is 10.2 Å². The van der Waals surface area contributed by atoms with Gasteiger partial charge in [-0.15, -0.1) is 0 Å². The smallest absolute Gasteiger partial charge is 0.281 e. The summed E-state index contributed by atoms with van der Waals surface area (Å²) in [5.41, 5.74) is 5.84. The fraction of sp³-hybridized carbons (Fsp3) is 1.00. The molecule has 102 valence electrons. The van der Waals surface area contributed by atoms with Crippen LogP contribution in [0.2, 0.25) is 0 Å². The van der Waals surface area contributed by atoms with E-state index in [1.807, 2.05) is 13.8 Å². The summed E-state index contributed by atoms with van der Waals surface area (Å²) in [5.74, 6) is 0. The van der Waals surface area contributed by atoms with E-state index in [-0.39, 0.29) is 12.1 Å². The van der Waals surface area contributed by atoms with Crippen molar-refractivity contribution >= 4 is 10.2 Å². The van der Waals surface area contributed by atoms with Crippen LogP contribution in [0.5, 0.6) is 0 Å². The molecule has 0 heterocycles. The molecule has 1 aliphatic rings. The molecule has 0 aromatic heterocycles. The van der Waals surface area contributed by atoms with Gasteiger partial charge in [-0.05, 0) is 25.7 Å². The average Bonchev–Trinajstić information content (AvgIpc) is 2.30. The molecule has 0 aromatic rings. The Morgan fingerprint density at radius 3 is 2.00 bits per heavy atom. The predicted molar refractivity (Wildman–Crippen MR) is 69.8 cm³/mol. The molecule has 1 fully saturated rings. The molecule has 0 bridgehead atoms. The minimum Gasteiger partial charge on any atom is -0.328 e. The summed E-state index contributed by atoms with van der Waals surface area (Å²) >= 11 is 0. The number of hydrogen-bond donors (Lipinski definition) is 1. The fourth-order valence-electron chi connectivity index (χ4n) is 2.39. The highest BCUT2D eigenvalue weighted by Gasteiger charge is 2.32. The van der Waals surface area contributed by atoms with E-state index in [0.717, 1.165) is 25.7 Å². The third-order valence-corrected chi connectivity index (χ3v) is 5.85. The second-order valence-electron chi connectivity index (χ2n) is 4.68. The standard InChI is InChI=1S/C11H25N3O2S/c1-4-14(5-2)17(15,16)13(3)11-8-6-10(12)7-9-11/h10-11H,4-9,12H2,1-3H3. The van der Waals surface area contributed by atoms with Crippen LogP contribution in [0.4, 0.5) is 0 Å². The minimum absolute atomic E-state index is 0.111. The summed E-state index contributed by atoms with van der Waals surface area (Å²) < 4.78 is 27.6. The fourth-order valence-corrected chi connectivity index (χ4v) is 3.99. The van der Waals surface area contributed by atoms with Gasteiger partial charge in [-0.2, -0.15) is 17.0 Å². The molecular weight excluding hydrogens is 238 g/mol. The molecule has 1 aliphatic carbocycles. The van der Waals surface area contributed by atoms with Crippen LogP contribution < -0.4 is 5.73 Å². The Balaban J connectivity index is 2.71. The van der Waals surface area contributed by atoms with Gasteiger partial charge in [0.15, 0.2) is 0 Å². The molecule has 2 N–H and O–H groups in total. The van der Waals surface area contributed by atoms with Crippen LogP contribution in [0.25, 0.3) is 0 Å². The van der Waals surface area contributed by atoms with Gasteiger partial charge in [0.05, 0.1) is 0 Å². The molecule has 1 saturated carbocycles. The zero-order chi connectivity index (χ0) is 13.1. The Labute approximate surface area is 105 Å². The first-order chi connectivity index (χ1) is 7.93. The SMILES string of the molecule is CCN(CC)S(=O)(=O)N(C)C1CCC(N)CC1. The second-order valence-corrected chi connectivity index (χ2v) is 6.66. The van der Waals surface area contributed by atoms with Crippen molar-refractivity contribution in [2.45, 2.75) is 51.6 Å². The molecule has 0 saturated heterocycles. The Morgan fingerprint density at radius 1 is 1.12 bits per heavy atom. The number of nitrogens with zero attached hydrogens (tertiary/aromatic N) is 2. The lowest BCUT2D eigenvalue weighted by molar-refractivity contribution is 0.252. The highest BCUT2D eigenvalue weighted by molar-refractivity contribution is 7.86. The molecule has 5 nitrogen and oxygen atoms in total. The molecule has 0 atom stereocenters. The van der Waals surface area contributed by atoms with Crippen molar-refractivity contribution in [1.29, 1.82) is 0 Å². The second kappa shape index (κ2) is 6.13. The van der Waals surface area contributed by atoms with Gasteiger partial charge in [0.1, 0.15) is 0 Å². The van der Waals surface area contributed by atoms with Gasteiger partial charge in [-0.25, -0.2) is 0 Å². The van der Waals surface area contributed by atoms with E-state index < -0.39 is 10.2 Å². The highest BCUT2D eigenvalue weighted by atomic mass is 32.2. The Kier molecular flexibility index (Phi) is 5.37. The molecular formula is C11H25N3O2S. The Hall–Kier alpha value is -0.170. The first-order valence-electron chi connectivity index (χ1n) is 6.42. The van der Waals surface area contributed by atoms with Gasteiger partial charge >= 0.3 is 0 Å². The van der Waals surface area contributed by atoms with Crippen LogP contribution >= 0.6 is 0 Å². The van der Waals surface area contributed by atoms with Crippen molar-refractivity contribution in [1.82, 2.24) is 8.61 Å². The van der Waals surface area contributed by atoms with Crippen LogP contribution in [-0.4, -0.2) is 49.2 Å². The molecule has 0 unspecified atom stereocenters. The van der Waals surface area contributed by atoms with Gasteiger partial charge in [-0.3, -0.25) is 0 Å². The molecule has 0 aliphatic heterocycles. The van der Waals surface area contributed by atoms with Gasteiger partial charge < -0.3 is 5.73 Å². The maximum absolute atomic E-state index is 12.3. The minimum atomic E-state index is -3.29. The van der Waals surface area contributed by atoms with Crippen LogP contribution in [0.1, 0.15) is 39.5 Å². The summed E-state index contributed by atoms with van der Waals surface area (Å²) in [7, 11) is -1.60. The van der Waals surface area contributed by atoms with Crippen molar-refractivity contribution in [2.24, 2.45) is 5.73 Å². The Morgan fingerprint density at radius 2 is 1.59 bits per heavy atom. The summed E-state index contributed by atoms with van der Waals surface area (Å²) in [6.07, 6.45) is 3.59. The lowest BCUT2D eigenvalue weighted by Gasteiger charge is -2.35. The van der Waals surface area contributed by atoms with Crippen molar-refractivity contribution < 1.29 is 8.42 Å². The first kappa shape index (κ1) is 14.9. The van der Waals surface area contributed by atoms with Crippen LogP contribution in [0, 0.1) is 0 Å². The predicted octanol–water partition coefficient (Wildman–Crippen LogP) is 0.775. The first-order valence-corrected chi connectivity index (χ1v) is 7.81. The number of rotatable bonds is 5. The number of nitrogens with two attached hydrogens (primary N) is 1. The maximum atomic E-state index is 12.3. The topological polar surface area (TPSA) is 66.6 Å². The van der Waals surface area contributed by atoms with E-state index in [1.165, 1.54) is 8.61 Å². The largest absolute Gasteiger partial charge is 0.328 e. The zero-order valence-electron chi connectivity index (χ0n) is 11.1.